The zero-order valence-corrected chi connectivity index (χ0v) is 7.97. The van der Waals surface area contributed by atoms with Crippen molar-refractivity contribution >= 4 is 11.6 Å². The summed E-state index contributed by atoms with van der Waals surface area (Å²) < 4.78 is 5.40. The molecule has 0 heterocycles. The molecule has 1 unspecified atom stereocenters. The van der Waals surface area contributed by atoms with Crippen molar-refractivity contribution in [1.82, 2.24) is 0 Å². The second-order valence-electron chi connectivity index (χ2n) is 3.02. The summed E-state index contributed by atoms with van der Waals surface area (Å²) in [6, 6.07) is 0. The van der Waals surface area contributed by atoms with Crippen molar-refractivity contribution in [2.45, 2.75) is 26.4 Å². The Labute approximate surface area is 73.5 Å². The number of alkyl halides is 1. The summed E-state index contributed by atoms with van der Waals surface area (Å²) in [6.45, 7) is 5.04. The zero-order valence-electron chi connectivity index (χ0n) is 7.22. The van der Waals surface area contributed by atoms with Gasteiger partial charge in [-0.2, -0.15) is 0 Å². The van der Waals surface area contributed by atoms with Gasteiger partial charge in [0.15, 0.2) is 0 Å². The highest BCUT2D eigenvalue weighted by molar-refractivity contribution is 6.18. The fourth-order valence-corrected chi connectivity index (χ4v) is 0.921. The highest BCUT2D eigenvalue weighted by Crippen LogP contribution is 2.03. The van der Waals surface area contributed by atoms with Gasteiger partial charge in [0.2, 0.25) is 0 Å². The van der Waals surface area contributed by atoms with Crippen molar-refractivity contribution in [3.05, 3.63) is 0 Å². The van der Waals surface area contributed by atoms with Crippen LogP contribution in [-0.4, -0.2) is 30.3 Å². The van der Waals surface area contributed by atoms with Gasteiger partial charge in [0.25, 0.3) is 0 Å². The molecule has 68 valence electrons. The second-order valence-corrected chi connectivity index (χ2v) is 3.32. The maximum Gasteiger partial charge on any atom is 0.0732 e. The van der Waals surface area contributed by atoms with E-state index in [-0.39, 0.29) is 12.7 Å². The van der Waals surface area contributed by atoms with Crippen molar-refractivity contribution in [1.29, 1.82) is 0 Å². The summed E-state index contributed by atoms with van der Waals surface area (Å²) in [5, 5.41) is 8.59. The highest BCUT2D eigenvalue weighted by atomic mass is 35.5. The maximum atomic E-state index is 8.59. The SMILES string of the molecule is CC(C)COC(CCl)CCO. The molecule has 0 bridgehead atoms. The van der Waals surface area contributed by atoms with Gasteiger partial charge in [0, 0.05) is 19.1 Å². The number of aliphatic hydroxyl groups is 1. The standard InChI is InChI=1S/C8H17ClO2/c1-7(2)6-11-8(5-9)3-4-10/h7-8,10H,3-6H2,1-2H3. The summed E-state index contributed by atoms with van der Waals surface area (Å²) in [5.74, 6) is 0.993. The molecule has 0 aromatic heterocycles. The van der Waals surface area contributed by atoms with Gasteiger partial charge >= 0.3 is 0 Å². The molecule has 1 N–H and O–H groups in total. The first-order valence-electron chi connectivity index (χ1n) is 3.99. The third kappa shape index (κ3) is 6.60. The summed E-state index contributed by atoms with van der Waals surface area (Å²) in [6.07, 6.45) is 0.653. The zero-order chi connectivity index (χ0) is 8.69. The molecule has 0 amide bonds. The predicted molar refractivity (Wildman–Crippen MR) is 47.0 cm³/mol. The summed E-state index contributed by atoms with van der Waals surface area (Å²) in [5.41, 5.74) is 0. The Balaban J connectivity index is 3.35. The average molecular weight is 181 g/mol. The van der Waals surface area contributed by atoms with E-state index < -0.39 is 0 Å². The summed E-state index contributed by atoms with van der Waals surface area (Å²) >= 11 is 5.59. The van der Waals surface area contributed by atoms with Crippen molar-refractivity contribution in [2.75, 3.05) is 19.1 Å². The van der Waals surface area contributed by atoms with Gasteiger partial charge in [-0.25, -0.2) is 0 Å². The lowest BCUT2D eigenvalue weighted by atomic mass is 10.2. The first-order valence-corrected chi connectivity index (χ1v) is 4.52. The smallest absolute Gasteiger partial charge is 0.0732 e. The van der Waals surface area contributed by atoms with Crippen LogP contribution in [0.3, 0.4) is 0 Å². The lowest BCUT2D eigenvalue weighted by Gasteiger charge is -2.15. The Morgan fingerprint density at radius 2 is 2.09 bits per heavy atom. The summed E-state index contributed by atoms with van der Waals surface area (Å²) in [7, 11) is 0. The van der Waals surface area contributed by atoms with Gasteiger partial charge in [0.05, 0.1) is 6.10 Å². The molecule has 0 rings (SSSR count). The fourth-order valence-electron chi connectivity index (χ4n) is 0.678. The molecule has 0 saturated carbocycles. The van der Waals surface area contributed by atoms with Crippen molar-refractivity contribution in [3.8, 4) is 0 Å². The van der Waals surface area contributed by atoms with Crippen molar-refractivity contribution < 1.29 is 9.84 Å². The van der Waals surface area contributed by atoms with Gasteiger partial charge in [-0.3, -0.25) is 0 Å². The monoisotopic (exact) mass is 180 g/mol. The molecule has 0 aliphatic rings. The van der Waals surface area contributed by atoms with Gasteiger partial charge < -0.3 is 9.84 Å². The van der Waals surface area contributed by atoms with Crippen LogP contribution < -0.4 is 0 Å². The number of aliphatic hydroxyl groups excluding tert-OH is 1. The van der Waals surface area contributed by atoms with E-state index in [2.05, 4.69) is 13.8 Å². The minimum Gasteiger partial charge on any atom is -0.396 e. The molecule has 0 aromatic carbocycles. The number of halogens is 1. The Kier molecular flexibility index (Phi) is 7.02. The van der Waals surface area contributed by atoms with Crippen LogP contribution in [0.4, 0.5) is 0 Å². The van der Waals surface area contributed by atoms with Crippen LogP contribution in [0.2, 0.25) is 0 Å². The number of hydrogen-bond acceptors (Lipinski definition) is 2. The molecule has 3 heteroatoms. The van der Waals surface area contributed by atoms with E-state index in [1.54, 1.807) is 0 Å². The number of ether oxygens (including phenoxy) is 1. The Morgan fingerprint density at radius 1 is 1.45 bits per heavy atom. The fraction of sp³-hybridized carbons (Fsp3) is 1.00. The van der Waals surface area contributed by atoms with Crippen LogP contribution >= 0.6 is 11.6 Å². The quantitative estimate of drug-likeness (QED) is 0.630. The molecule has 0 aromatic rings. The van der Waals surface area contributed by atoms with Crippen LogP contribution in [-0.2, 0) is 4.74 Å². The van der Waals surface area contributed by atoms with Gasteiger partial charge in [-0.05, 0) is 12.3 Å². The van der Waals surface area contributed by atoms with Gasteiger partial charge in [-0.1, -0.05) is 13.8 Å². The van der Waals surface area contributed by atoms with Crippen molar-refractivity contribution in [3.63, 3.8) is 0 Å². The molecule has 0 spiro atoms. The van der Waals surface area contributed by atoms with Crippen LogP contribution in [0.5, 0.6) is 0 Å². The van der Waals surface area contributed by atoms with E-state index >= 15 is 0 Å². The van der Waals surface area contributed by atoms with Crippen molar-refractivity contribution in [2.24, 2.45) is 5.92 Å². The molecule has 0 aliphatic carbocycles. The van der Waals surface area contributed by atoms with Crippen LogP contribution in [0.1, 0.15) is 20.3 Å². The van der Waals surface area contributed by atoms with Gasteiger partial charge in [-0.15, -0.1) is 11.6 Å². The third-order valence-electron chi connectivity index (χ3n) is 1.29. The van der Waals surface area contributed by atoms with E-state index in [0.29, 0.717) is 18.2 Å². The van der Waals surface area contributed by atoms with Crippen LogP contribution in [0.15, 0.2) is 0 Å². The third-order valence-corrected chi connectivity index (χ3v) is 1.63. The average Bonchev–Trinajstić information content (AvgIpc) is 1.97. The van der Waals surface area contributed by atoms with E-state index in [0.717, 1.165) is 6.61 Å². The number of hydrogen-bond donors (Lipinski definition) is 1. The van der Waals surface area contributed by atoms with E-state index in [4.69, 9.17) is 21.4 Å². The van der Waals surface area contributed by atoms with Crippen LogP contribution in [0, 0.1) is 5.92 Å². The topological polar surface area (TPSA) is 29.5 Å². The highest BCUT2D eigenvalue weighted by Gasteiger charge is 2.06. The molecule has 0 radical (unpaired) electrons. The van der Waals surface area contributed by atoms with Gasteiger partial charge in [0.1, 0.15) is 0 Å². The molecule has 1 atom stereocenters. The minimum atomic E-state index is 0.0177. The summed E-state index contributed by atoms with van der Waals surface area (Å²) in [4.78, 5) is 0. The Morgan fingerprint density at radius 3 is 2.45 bits per heavy atom. The number of rotatable bonds is 6. The Hall–Kier alpha value is 0.210. The minimum absolute atomic E-state index is 0.0177. The Bertz CT molecular complexity index is 86.2. The maximum absolute atomic E-state index is 8.59. The first kappa shape index (κ1) is 11.2. The second kappa shape index (κ2) is 6.89. The molecule has 0 saturated heterocycles. The largest absolute Gasteiger partial charge is 0.396 e. The molecule has 2 nitrogen and oxygen atoms in total. The molecular formula is C8H17ClO2. The lowest BCUT2D eigenvalue weighted by Crippen LogP contribution is -2.19. The van der Waals surface area contributed by atoms with Crippen LogP contribution in [0.25, 0.3) is 0 Å². The molecule has 0 fully saturated rings. The van der Waals surface area contributed by atoms with E-state index in [1.165, 1.54) is 0 Å². The molecular weight excluding hydrogens is 164 g/mol. The first-order chi connectivity index (χ1) is 5.20. The van der Waals surface area contributed by atoms with E-state index in [9.17, 15) is 0 Å². The van der Waals surface area contributed by atoms with E-state index in [1.807, 2.05) is 0 Å². The molecule has 0 aliphatic heterocycles. The predicted octanol–water partition coefficient (Wildman–Crippen LogP) is 1.65. The molecule has 11 heavy (non-hydrogen) atoms. The normalized spacial score (nSPS) is 13.9. The lowest BCUT2D eigenvalue weighted by molar-refractivity contribution is 0.0342.